The number of carbonyl (C=O) groups is 3. The van der Waals surface area contributed by atoms with Crippen LogP contribution in [0.5, 0.6) is 0 Å². The standard InChI is InChI=1S/C21H18N4O4.C4H9N/c1-24-7-6-14-17(26)9-15(22-19(14)24)11-2-3-13-12(8-11)10-25(21(13)29)16-4-5-18(27)23-20(16)28;1-2-4-5-3-1/h2-3,6-9,16H,4-5,10H2,1H3,(H,22,26)(H,23,27,28);5H,1-4H2. The highest BCUT2D eigenvalue weighted by Gasteiger charge is 2.39. The van der Waals surface area contributed by atoms with E-state index in [2.05, 4.69) is 15.6 Å². The Morgan fingerprint density at radius 3 is 2.50 bits per heavy atom. The first-order chi connectivity index (χ1) is 16.4. The number of carbonyl (C=O) groups excluding carboxylic acids is 3. The van der Waals surface area contributed by atoms with Crippen LogP contribution >= 0.6 is 0 Å². The quantitative estimate of drug-likeness (QED) is 0.502. The number of nitrogens with one attached hydrogen (secondary N) is 3. The number of imide groups is 1. The van der Waals surface area contributed by atoms with E-state index in [1.54, 1.807) is 24.3 Å². The molecule has 0 saturated carbocycles. The van der Waals surface area contributed by atoms with Crippen LogP contribution in [-0.2, 0) is 23.2 Å². The van der Waals surface area contributed by atoms with Crippen LogP contribution in [0.15, 0.2) is 41.3 Å². The Balaban J connectivity index is 0.000000429. The molecular formula is C25H27N5O4. The Morgan fingerprint density at radius 2 is 1.79 bits per heavy atom. The third-order valence-electron chi connectivity index (χ3n) is 6.66. The van der Waals surface area contributed by atoms with Crippen LogP contribution in [0.4, 0.5) is 0 Å². The topological polar surface area (TPSA) is 116 Å². The molecule has 2 aromatic heterocycles. The number of pyridine rings is 1. The lowest BCUT2D eigenvalue weighted by Gasteiger charge is -2.29. The van der Waals surface area contributed by atoms with Gasteiger partial charge in [-0.2, -0.15) is 0 Å². The lowest BCUT2D eigenvalue weighted by atomic mass is 10.0. The first-order valence-corrected chi connectivity index (χ1v) is 11.6. The molecule has 0 radical (unpaired) electrons. The molecule has 3 aliphatic rings. The molecule has 6 rings (SSSR count). The Morgan fingerprint density at radius 1 is 1.00 bits per heavy atom. The van der Waals surface area contributed by atoms with Crippen LogP contribution in [0.25, 0.3) is 22.3 Å². The van der Waals surface area contributed by atoms with Gasteiger partial charge in [0, 0.05) is 37.8 Å². The molecule has 9 nitrogen and oxygen atoms in total. The van der Waals surface area contributed by atoms with Gasteiger partial charge in [0.15, 0.2) is 5.43 Å². The number of hydrogen-bond donors (Lipinski definition) is 3. The van der Waals surface area contributed by atoms with Crippen molar-refractivity contribution >= 4 is 28.8 Å². The average Bonchev–Trinajstić information content (AvgIpc) is 3.57. The molecule has 3 aliphatic heterocycles. The second-order valence-electron chi connectivity index (χ2n) is 8.97. The molecule has 176 valence electrons. The van der Waals surface area contributed by atoms with Crippen molar-refractivity contribution in [1.29, 1.82) is 0 Å². The molecule has 1 unspecified atom stereocenters. The Labute approximate surface area is 196 Å². The molecule has 1 aromatic carbocycles. The van der Waals surface area contributed by atoms with Crippen LogP contribution in [0.2, 0.25) is 0 Å². The summed E-state index contributed by atoms with van der Waals surface area (Å²) in [6.45, 7) is 2.80. The van der Waals surface area contributed by atoms with E-state index in [-0.39, 0.29) is 23.7 Å². The maximum Gasteiger partial charge on any atom is 0.255 e. The van der Waals surface area contributed by atoms with Crippen molar-refractivity contribution in [3.05, 3.63) is 57.9 Å². The first-order valence-electron chi connectivity index (χ1n) is 11.6. The lowest BCUT2D eigenvalue weighted by molar-refractivity contribution is -0.136. The second-order valence-corrected chi connectivity index (χ2v) is 8.97. The highest BCUT2D eigenvalue weighted by Crippen LogP contribution is 2.30. The van der Waals surface area contributed by atoms with Gasteiger partial charge < -0.3 is 19.8 Å². The highest BCUT2D eigenvalue weighted by molar-refractivity contribution is 6.05. The molecule has 0 aliphatic carbocycles. The van der Waals surface area contributed by atoms with Crippen molar-refractivity contribution in [3.63, 3.8) is 0 Å². The van der Waals surface area contributed by atoms with Crippen LogP contribution in [-0.4, -0.2) is 51.3 Å². The molecule has 3 aromatic rings. The molecule has 1 atom stereocenters. The van der Waals surface area contributed by atoms with Gasteiger partial charge in [-0.3, -0.25) is 24.5 Å². The number of nitrogens with zero attached hydrogens (tertiary/aromatic N) is 2. The van der Waals surface area contributed by atoms with E-state index in [4.69, 9.17) is 0 Å². The third kappa shape index (κ3) is 4.03. The zero-order valence-electron chi connectivity index (χ0n) is 19.0. The molecule has 2 fully saturated rings. The number of aryl methyl sites for hydroxylation is 1. The number of aromatic amines is 1. The van der Waals surface area contributed by atoms with E-state index in [1.807, 2.05) is 23.9 Å². The average molecular weight is 462 g/mol. The van der Waals surface area contributed by atoms with Gasteiger partial charge in [-0.05, 0) is 61.7 Å². The van der Waals surface area contributed by atoms with Crippen molar-refractivity contribution in [2.75, 3.05) is 13.1 Å². The number of aromatic nitrogens is 2. The predicted molar refractivity (Wildman–Crippen MR) is 127 cm³/mol. The summed E-state index contributed by atoms with van der Waals surface area (Å²) in [5.74, 6) is -0.953. The minimum atomic E-state index is -0.643. The maximum atomic E-state index is 12.8. The van der Waals surface area contributed by atoms with E-state index in [0.29, 0.717) is 29.6 Å². The second kappa shape index (κ2) is 8.90. The largest absolute Gasteiger partial charge is 0.340 e. The van der Waals surface area contributed by atoms with Crippen molar-refractivity contribution in [3.8, 4) is 11.3 Å². The van der Waals surface area contributed by atoms with E-state index in [0.717, 1.165) is 16.8 Å². The predicted octanol–water partition coefficient (Wildman–Crippen LogP) is 1.66. The fourth-order valence-electron chi connectivity index (χ4n) is 4.78. The van der Waals surface area contributed by atoms with Crippen LogP contribution in [0.1, 0.15) is 41.6 Å². The van der Waals surface area contributed by atoms with Gasteiger partial charge in [0.2, 0.25) is 11.8 Å². The van der Waals surface area contributed by atoms with Crippen LogP contribution in [0.3, 0.4) is 0 Å². The fraction of sp³-hybridized carbons (Fsp3) is 0.360. The summed E-state index contributed by atoms with van der Waals surface area (Å²) in [6.07, 6.45) is 5.15. The van der Waals surface area contributed by atoms with E-state index < -0.39 is 11.9 Å². The summed E-state index contributed by atoms with van der Waals surface area (Å²) >= 11 is 0. The van der Waals surface area contributed by atoms with Gasteiger partial charge in [-0.25, -0.2) is 0 Å². The Hall–Kier alpha value is -3.72. The lowest BCUT2D eigenvalue weighted by Crippen LogP contribution is -2.52. The number of rotatable bonds is 2. The number of piperidine rings is 1. The van der Waals surface area contributed by atoms with Gasteiger partial charge >= 0.3 is 0 Å². The molecule has 3 amide bonds. The fourth-order valence-corrected chi connectivity index (χ4v) is 4.78. The van der Waals surface area contributed by atoms with Crippen LogP contribution < -0.4 is 16.1 Å². The van der Waals surface area contributed by atoms with Crippen LogP contribution in [0, 0.1) is 0 Å². The number of fused-ring (bicyclic) bond motifs is 2. The van der Waals surface area contributed by atoms with E-state index in [9.17, 15) is 19.2 Å². The maximum absolute atomic E-state index is 12.8. The van der Waals surface area contributed by atoms with Crippen molar-refractivity contribution in [1.82, 2.24) is 25.1 Å². The summed E-state index contributed by atoms with van der Waals surface area (Å²) in [5.41, 5.74) is 3.46. The van der Waals surface area contributed by atoms with E-state index >= 15 is 0 Å². The van der Waals surface area contributed by atoms with Gasteiger partial charge in [0.1, 0.15) is 11.7 Å². The summed E-state index contributed by atoms with van der Waals surface area (Å²) in [7, 11) is 1.86. The Bertz CT molecular complexity index is 1340. The molecule has 9 heteroatoms. The van der Waals surface area contributed by atoms with Crippen molar-refractivity contribution < 1.29 is 14.4 Å². The molecule has 2 saturated heterocycles. The molecule has 0 bridgehead atoms. The molecule has 0 spiro atoms. The zero-order valence-corrected chi connectivity index (χ0v) is 19.0. The smallest absolute Gasteiger partial charge is 0.255 e. The van der Waals surface area contributed by atoms with E-state index in [1.165, 1.54) is 30.8 Å². The third-order valence-corrected chi connectivity index (χ3v) is 6.66. The van der Waals surface area contributed by atoms with Gasteiger partial charge in [0.25, 0.3) is 5.91 Å². The summed E-state index contributed by atoms with van der Waals surface area (Å²) in [6, 6.07) is 8.09. The summed E-state index contributed by atoms with van der Waals surface area (Å²) in [4.78, 5) is 53.6. The van der Waals surface area contributed by atoms with Gasteiger partial charge in [-0.1, -0.05) is 6.07 Å². The highest BCUT2D eigenvalue weighted by atomic mass is 16.2. The SMILES string of the molecule is C1CCNC1.Cn1ccc2c(=O)cc(-c3ccc4c(c3)CN(C3CCC(=O)NC3=O)C4=O)[nH]c21. The Kier molecular flexibility index (Phi) is 5.79. The molecule has 3 N–H and O–H groups in total. The van der Waals surface area contributed by atoms with Crippen molar-refractivity contribution in [2.45, 2.75) is 38.3 Å². The monoisotopic (exact) mass is 461 g/mol. The minimum absolute atomic E-state index is 0.0731. The number of amides is 3. The van der Waals surface area contributed by atoms with Crippen molar-refractivity contribution in [2.24, 2.45) is 7.05 Å². The zero-order chi connectivity index (χ0) is 23.8. The van der Waals surface area contributed by atoms with Gasteiger partial charge in [0.05, 0.1) is 11.1 Å². The molecule has 5 heterocycles. The minimum Gasteiger partial charge on any atom is -0.340 e. The molecule has 34 heavy (non-hydrogen) atoms. The normalized spacial score (nSPS) is 19.7. The first kappa shape index (κ1) is 22.1. The summed E-state index contributed by atoms with van der Waals surface area (Å²) in [5, 5.41) is 6.15. The number of benzene rings is 1. The summed E-state index contributed by atoms with van der Waals surface area (Å²) < 4.78 is 1.85. The number of hydrogen-bond acceptors (Lipinski definition) is 5. The van der Waals surface area contributed by atoms with Gasteiger partial charge in [-0.15, -0.1) is 0 Å². The molecular weight excluding hydrogens is 434 g/mol. The number of H-pyrrole nitrogens is 1.